The smallest absolute Gasteiger partial charge is 0.0560 e. The quantitative estimate of drug-likeness (QED) is 0.780. The molecule has 104 valence electrons. The van der Waals surface area contributed by atoms with Gasteiger partial charge >= 0.3 is 0 Å². The highest BCUT2D eigenvalue weighted by atomic mass is 16.5. The molecule has 4 nitrogen and oxygen atoms in total. The number of likely N-dealkylation sites (tertiary alicyclic amines) is 1. The first-order valence-corrected chi connectivity index (χ1v) is 7.48. The van der Waals surface area contributed by atoms with Crippen molar-refractivity contribution in [3.8, 4) is 0 Å². The second-order valence-electron chi connectivity index (χ2n) is 6.48. The van der Waals surface area contributed by atoms with Crippen LogP contribution in [0, 0.1) is 11.3 Å². The van der Waals surface area contributed by atoms with E-state index in [1.165, 1.54) is 45.6 Å². The van der Waals surface area contributed by atoms with Crippen molar-refractivity contribution in [3.63, 3.8) is 0 Å². The summed E-state index contributed by atoms with van der Waals surface area (Å²) in [6.45, 7) is 10.5. The maximum atomic E-state index is 5.61. The maximum Gasteiger partial charge on any atom is 0.0560 e. The summed E-state index contributed by atoms with van der Waals surface area (Å²) in [5, 5.41) is 3.44. The average molecular weight is 253 g/mol. The Morgan fingerprint density at radius 2 is 2.00 bits per heavy atom. The largest absolute Gasteiger partial charge is 0.380 e. The van der Waals surface area contributed by atoms with Crippen LogP contribution in [0.25, 0.3) is 0 Å². The van der Waals surface area contributed by atoms with Crippen molar-refractivity contribution in [2.75, 3.05) is 66.1 Å². The molecule has 3 fully saturated rings. The minimum Gasteiger partial charge on any atom is -0.380 e. The van der Waals surface area contributed by atoms with E-state index in [1.54, 1.807) is 0 Å². The van der Waals surface area contributed by atoms with E-state index in [2.05, 4.69) is 22.2 Å². The Hall–Kier alpha value is -0.160. The van der Waals surface area contributed by atoms with Crippen LogP contribution < -0.4 is 5.32 Å². The molecule has 18 heavy (non-hydrogen) atoms. The molecule has 3 rings (SSSR count). The molecule has 1 unspecified atom stereocenters. The van der Waals surface area contributed by atoms with Crippen molar-refractivity contribution in [1.29, 1.82) is 0 Å². The molecule has 0 aromatic heterocycles. The third-order valence-corrected chi connectivity index (χ3v) is 5.02. The van der Waals surface area contributed by atoms with Gasteiger partial charge in [-0.15, -0.1) is 0 Å². The van der Waals surface area contributed by atoms with Gasteiger partial charge in [-0.3, -0.25) is 0 Å². The summed E-state index contributed by atoms with van der Waals surface area (Å²) < 4.78 is 5.61. The predicted molar refractivity (Wildman–Crippen MR) is 72.8 cm³/mol. The Balaban J connectivity index is 1.61. The minimum absolute atomic E-state index is 0.464. The predicted octanol–water partition coefficient (Wildman–Crippen LogP) is 0.250. The fourth-order valence-corrected chi connectivity index (χ4v) is 3.80. The molecule has 3 aliphatic heterocycles. The van der Waals surface area contributed by atoms with Gasteiger partial charge in [0.1, 0.15) is 0 Å². The summed E-state index contributed by atoms with van der Waals surface area (Å²) in [6.07, 6.45) is 2.77. The van der Waals surface area contributed by atoms with Crippen molar-refractivity contribution < 1.29 is 4.74 Å². The molecule has 1 N–H and O–H groups in total. The first-order chi connectivity index (χ1) is 8.78. The van der Waals surface area contributed by atoms with Crippen molar-refractivity contribution in [2.45, 2.75) is 12.8 Å². The Bertz CT molecular complexity index is 274. The lowest BCUT2D eigenvalue weighted by Crippen LogP contribution is -2.60. The lowest BCUT2D eigenvalue weighted by Gasteiger charge is -2.52. The molecule has 0 spiro atoms. The zero-order valence-corrected chi connectivity index (χ0v) is 11.7. The van der Waals surface area contributed by atoms with Crippen LogP contribution in [0.3, 0.4) is 0 Å². The highest BCUT2D eigenvalue weighted by Crippen LogP contribution is 2.41. The van der Waals surface area contributed by atoms with Gasteiger partial charge in [-0.2, -0.15) is 0 Å². The first kappa shape index (κ1) is 12.9. The molecule has 3 saturated heterocycles. The lowest BCUT2D eigenvalue weighted by molar-refractivity contribution is -0.167. The van der Waals surface area contributed by atoms with Gasteiger partial charge < -0.3 is 19.9 Å². The number of nitrogens with zero attached hydrogens (tertiary/aromatic N) is 2. The molecule has 3 aliphatic rings. The number of ether oxygens (including phenoxy) is 1. The summed E-state index contributed by atoms with van der Waals surface area (Å²) >= 11 is 0. The number of piperidine rings is 1. The Labute approximate surface area is 111 Å². The van der Waals surface area contributed by atoms with E-state index in [1.807, 2.05) is 0 Å². The zero-order chi connectivity index (χ0) is 12.4. The molecule has 1 atom stereocenters. The number of rotatable bonds is 3. The van der Waals surface area contributed by atoms with Crippen LogP contribution in [0.1, 0.15) is 12.8 Å². The number of hydrogen-bond acceptors (Lipinski definition) is 4. The third kappa shape index (κ3) is 2.57. The van der Waals surface area contributed by atoms with Gasteiger partial charge in [0.25, 0.3) is 0 Å². The molecular weight excluding hydrogens is 226 g/mol. The Morgan fingerprint density at radius 1 is 1.22 bits per heavy atom. The maximum absolute atomic E-state index is 5.61. The summed E-state index contributed by atoms with van der Waals surface area (Å²) in [5.74, 6) is 0.847. The molecule has 0 aromatic carbocycles. The molecule has 0 aromatic rings. The minimum atomic E-state index is 0.464. The molecule has 0 saturated carbocycles. The van der Waals surface area contributed by atoms with Crippen LogP contribution in [-0.4, -0.2) is 75.9 Å². The topological polar surface area (TPSA) is 27.7 Å². The Kier molecular flexibility index (Phi) is 3.89. The van der Waals surface area contributed by atoms with Gasteiger partial charge in [0.15, 0.2) is 0 Å². The van der Waals surface area contributed by atoms with Gasteiger partial charge in [0.05, 0.1) is 13.2 Å². The van der Waals surface area contributed by atoms with Gasteiger partial charge in [0.2, 0.25) is 0 Å². The summed E-state index contributed by atoms with van der Waals surface area (Å²) in [6, 6.07) is 0. The van der Waals surface area contributed by atoms with Crippen molar-refractivity contribution in [2.24, 2.45) is 11.3 Å². The fraction of sp³-hybridized carbons (Fsp3) is 1.00. The molecule has 0 radical (unpaired) electrons. The Morgan fingerprint density at radius 3 is 2.61 bits per heavy atom. The monoisotopic (exact) mass is 253 g/mol. The van der Waals surface area contributed by atoms with E-state index < -0.39 is 0 Å². The van der Waals surface area contributed by atoms with E-state index in [-0.39, 0.29) is 0 Å². The SMILES string of the molecule is CN1CCCC(C2(CN3CCNCC3)COC2)C1. The van der Waals surface area contributed by atoms with Gasteiger partial charge in [-0.25, -0.2) is 0 Å². The van der Waals surface area contributed by atoms with Crippen LogP contribution in [0.4, 0.5) is 0 Å². The van der Waals surface area contributed by atoms with Crippen LogP contribution in [0.2, 0.25) is 0 Å². The molecule has 0 amide bonds. The second-order valence-corrected chi connectivity index (χ2v) is 6.48. The number of hydrogen-bond donors (Lipinski definition) is 1. The van der Waals surface area contributed by atoms with Crippen LogP contribution in [-0.2, 0) is 4.74 Å². The number of nitrogens with one attached hydrogen (secondary N) is 1. The van der Waals surface area contributed by atoms with Crippen LogP contribution in [0.15, 0.2) is 0 Å². The summed E-state index contributed by atoms with van der Waals surface area (Å²) in [5.41, 5.74) is 0.464. The molecule has 0 bridgehead atoms. The standard InChI is InChI=1S/C14H27N3O/c1-16-6-2-3-13(9-16)14(11-18-12-14)10-17-7-4-15-5-8-17/h13,15H,2-12H2,1H3. The lowest BCUT2D eigenvalue weighted by atomic mass is 9.69. The fourth-order valence-electron chi connectivity index (χ4n) is 3.80. The van der Waals surface area contributed by atoms with Gasteiger partial charge in [-0.1, -0.05) is 0 Å². The normalized spacial score (nSPS) is 34.2. The molecule has 0 aliphatic carbocycles. The van der Waals surface area contributed by atoms with E-state index in [4.69, 9.17) is 4.74 Å². The second kappa shape index (κ2) is 5.45. The van der Waals surface area contributed by atoms with E-state index >= 15 is 0 Å². The van der Waals surface area contributed by atoms with Crippen molar-refractivity contribution in [3.05, 3.63) is 0 Å². The highest BCUT2D eigenvalue weighted by Gasteiger charge is 2.47. The third-order valence-electron chi connectivity index (χ3n) is 5.02. The summed E-state index contributed by atoms with van der Waals surface area (Å²) in [7, 11) is 2.27. The number of piperazine rings is 1. The van der Waals surface area contributed by atoms with E-state index in [0.29, 0.717) is 5.41 Å². The molecule has 3 heterocycles. The van der Waals surface area contributed by atoms with Crippen molar-refractivity contribution >= 4 is 0 Å². The van der Waals surface area contributed by atoms with E-state index in [9.17, 15) is 0 Å². The highest BCUT2D eigenvalue weighted by molar-refractivity contribution is 4.97. The zero-order valence-electron chi connectivity index (χ0n) is 11.7. The van der Waals surface area contributed by atoms with Crippen LogP contribution >= 0.6 is 0 Å². The first-order valence-electron chi connectivity index (χ1n) is 7.48. The van der Waals surface area contributed by atoms with Crippen LogP contribution in [0.5, 0.6) is 0 Å². The summed E-state index contributed by atoms with van der Waals surface area (Å²) in [4.78, 5) is 5.15. The van der Waals surface area contributed by atoms with Gasteiger partial charge in [-0.05, 0) is 32.4 Å². The molecule has 4 heteroatoms. The van der Waals surface area contributed by atoms with E-state index in [0.717, 1.165) is 32.2 Å². The van der Waals surface area contributed by atoms with Crippen molar-refractivity contribution in [1.82, 2.24) is 15.1 Å². The molecular formula is C14H27N3O. The van der Waals surface area contributed by atoms with Gasteiger partial charge in [0, 0.05) is 44.7 Å². The average Bonchev–Trinajstić information content (AvgIpc) is 2.35.